The third-order valence-electron chi connectivity index (χ3n) is 5.28. The molecule has 4 rings (SSSR count). The van der Waals surface area contributed by atoms with Crippen LogP contribution in [0.2, 0.25) is 0 Å². The molecule has 0 aliphatic carbocycles. The molecule has 5 heteroatoms. The van der Waals surface area contributed by atoms with Crippen molar-refractivity contribution in [1.82, 2.24) is 4.90 Å². The van der Waals surface area contributed by atoms with E-state index < -0.39 is 0 Å². The summed E-state index contributed by atoms with van der Waals surface area (Å²) in [6.07, 6.45) is 3.41. The summed E-state index contributed by atoms with van der Waals surface area (Å²) < 4.78 is 0. The Kier molecular flexibility index (Phi) is 4.37. The normalized spacial score (nSPS) is 16.7. The Labute approximate surface area is 153 Å². The monoisotopic (exact) mass is 349 g/mol. The van der Waals surface area contributed by atoms with Crippen LogP contribution >= 0.6 is 0 Å². The molecule has 2 aromatic carbocycles. The van der Waals surface area contributed by atoms with Gasteiger partial charge in [0.2, 0.25) is 5.91 Å². The molecule has 0 saturated carbocycles. The molecule has 2 amide bonds. The Bertz CT molecular complexity index is 845. The number of hydrogen-bond acceptors (Lipinski definition) is 3. The van der Waals surface area contributed by atoms with E-state index in [1.807, 2.05) is 52.3 Å². The molecule has 0 bridgehead atoms. The highest BCUT2D eigenvalue weighted by Crippen LogP contribution is 2.32. The Hall–Kier alpha value is -2.82. The SMILES string of the molecule is Nc1cccc2c1CCCN2C(=O)c1ccc(CN2CCCC2=O)cc1. The number of fused-ring (bicyclic) bond motifs is 1. The van der Waals surface area contributed by atoms with Gasteiger partial charge in [-0.25, -0.2) is 0 Å². The fraction of sp³-hybridized carbons (Fsp3) is 0.333. The second kappa shape index (κ2) is 6.83. The van der Waals surface area contributed by atoms with Gasteiger partial charge in [0.1, 0.15) is 0 Å². The summed E-state index contributed by atoms with van der Waals surface area (Å²) in [6.45, 7) is 2.15. The second-order valence-corrected chi connectivity index (χ2v) is 7.02. The van der Waals surface area contributed by atoms with Gasteiger partial charge >= 0.3 is 0 Å². The Balaban J connectivity index is 1.52. The molecule has 0 unspecified atom stereocenters. The highest BCUT2D eigenvalue weighted by Gasteiger charge is 2.25. The first-order valence-electron chi connectivity index (χ1n) is 9.19. The lowest BCUT2D eigenvalue weighted by Crippen LogP contribution is -2.35. The molecule has 0 atom stereocenters. The van der Waals surface area contributed by atoms with Gasteiger partial charge in [0.05, 0.1) is 0 Å². The number of amides is 2. The summed E-state index contributed by atoms with van der Waals surface area (Å²) in [5, 5.41) is 0. The number of carbonyl (C=O) groups is 2. The van der Waals surface area contributed by atoms with Gasteiger partial charge in [0.15, 0.2) is 0 Å². The van der Waals surface area contributed by atoms with Crippen molar-refractivity contribution in [3.63, 3.8) is 0 Å². The minimum atomic E-state index is 0.000323. The Morgan fingerprint density at radius 1 is 1.00 bits per heavy atom. The van der Waals surface area contributed by atoms with E-state index >= 15 is 0 Å². The van der Waals surface area contributed by atoms with Crippen molar-refractivity contribution >= 4 is 23.2 Å². The van der Waals surface area contributed by atoms with Gasteiger partial charge < -0.3 is 15.5 Å². The van der Waals surface area contributed by atoms with Crippen LogP contribution in [0.5, 0.6) is 0 Å². The van der Waals surface area contributed by atoms with E-state index in [1.165, 1.54) is 0 Å². The minimum Gasteiger partial charge on any atom is -0.398 e. The molecule has 2 N–H and O–H groups in total. The van der Waals surface area contributed by atoms with Gasteiger partial charge in [-0.15, -0.1) is 0 Å². The maximum Gasteiger partial charge on any atom is 0.258 e. The maximum absolute atomic E-state index is 13.0. The highest BCUT2D eigenvalue weighted by molar-refractivity contribution is 6.07. The van der Waals surface area contributed by atoms with Crippen LogP contribution in [0, 0.1) is 0 Å². The predicted molar refractivity (Wildman–Crippen MR) is 102 cm³/mol. The van der Waals surface area contributed by atoms with Crippen molar-refractivity contribution in [2.75, 3.05) is 23.7 Å². The van der Waals surface area contributed by atoms with Crippen LogP contribution in [0.15, 0.2) is 42.5 Å². The van der Waals surface area contributed by atoms with Gasteiger partial charge in [-0.1, -0.05) is 18.2 Å². The number of nitrogen functional groups attached to an aromatic ring is 1. The first-order chi connectivity index (χ1) is 12.6. The van der Waals surface area contributed by atoms with Crippen molar-refractivity contribution in [2.24, 2.45) is 0 Å². The van der Waals surface area contributed by atoms with Crippen molar-refractivity contribution in [2.45, 2.75) is 32.2 Å². The van der Waals surface area contributed by atoms with Crippen molar-refractivity contribution in [1.29, 1.82) is 0 Å². The van der Waals surface area contributed by atoms with E-state index in [4.69, 9.17) is 5.73 Å². The Morgan fingerprint density at radius 2 is 1.77 bits per heavy atom. The number of likely N-dealkylation sites (tertiary alicyclic amines) is 1. The molecular weight excluding hydrogens is 326 g/mol. The minimum absolute atomic E-state index is 0.000323. The molecule has 1 fully saturated rings. The molecular formula is C21H23N3O2. The highest BCUT2D eigenvalue weighted by atomic mass is 16.2. The molecule has 1 saturated heterocycles. The number of benzene rings is 2. The maximum atomic E-state index is 13.0. The van der Waals surface area contributed by atoms with Crippen LogP contribution in [0.1, 0.15) is 40.7 Å². The lowest BCUT2D eigenvalue weighted by molar-refractivity contribution is -0.128. The van der Waals surface area contributed by atoms with Crippen LogP contribution in [-0.4, -0.2) is 29.8 Å². The molecule has 0 aromatic heterocycles. The number of nitrogens with two attached hydrogens (primary N) is 1. The molecule has 5 nitrogen and oxygen atoms in total. The average molecular weight is 349 g/mol. The van der Waals surface area contributed by atoms with Crippen molar-refractivity contribution in [3.8, 4) is 0 Å². The van der Waals surface area contributed by atoms with Gasteiger partial charge in [0, 0.05) is 43.0 Å². The lowest BCUT2D eigenvalue weighted by Gasteiger charge is -2.30. The zero-order valence-electron chi connectivity index (χ0n) is 14.8. The molecule has 0 spiro atoms. The molecule has 2 aromatic rings. The first-order valence-corrected chi connectivity index (χ1v) is 9.19. The summed E-state index contributed by atoms with van der Waals surface area (Å²) in [4.78, 5) is 28.5. The first kappa shape index (κ1) is 16.6. The topological polar surface area (TPSA) is 66.6 Å². The summed E-state index contributed by atoms with van der Waals surface area (Å²) >= 11 is 0. The van der Waals surface area contributed by atoms with Crippen LogP contribution in [-0.2, 0) is 17.8 Å². The molecule has 26 heavy (non-hydrogen) atoms. The summed E-state index contributed by atoms with van der Waals surface area (Å²) in [5.74, 6) is 0.216. The standard InChI is InChI=1S/C21H23N3O2/c22-18-5-1-6-19-17(18)4-2-13-24(19)21(26)16-10-8-15(9-11-16)14-23-12-3-7-20(23)25/h1,5-6,8-11H,2-4,7,12-14,22H2. The molecule has 2 aliphatic rings. The van der Waals surface area contributed by atoms with E-state index in [1.54, 1.807) is 0 Å². The predicted octanol–water partition coefficient (Wildman–Crippen LogP) is 2.98. The lowest BCUT2D eigenvalue weighted by atomic mass is 9.99. The third kappa shape index (κ3) is 3.05. The summed E-state index contributed by atoms with van der Waals surface area (Å²) in [5.41, 5.74) is 10.5. The summed E-state index contributed by atoms with van der Waals surface area (Å²) in [6, 6.07) is 13.4. The van der Waals surface area contributed by atoms with E-state index in [9.17, 15) is 9.59 Å². The van der Waals surface area contributed by atoms with Crippen LogP contribution < -0.4 is 10.6 Å². The zero-order valence-corrected chi connectivity index (χ0v) is 14.8. The van der Waals surface area contributed by atoms with Gasteiger partial charge in [-0.05, 0) is 54.7 Å². The van der Waals surface area contributed by atoms with Crippen LogP contribution in [0.4, 0.5) is 11.4 Å². The third-order valence-corrected chi connectivity index (χ3v) is 5.28. The van der Waals surface area contributed by atoms with Crippen molar-refractivity contribution in [3.05, 3.63) is 59.2 Å². The van der Waals surface area contributed by atoms with E-state index in [2.05, 4.69) is 0 Å². The summed E-state index contributed by atoms with van der Waals surface area (Å²) in [7, 11) is 0. The second-order valence-electron chi connectivity index (χ2n) is 7.02. The largest absolute Gasteiger partial charge is 0.398 e. The van der Waals surface area contributed by atoms with Crippen molar-refractivity contribution < 1.29 is 9.59 Å². The molecule has 2 heterocycles. The van der Waals surface area contributed by atoms with Gasteiger partial charge in [-0.2, -0.15) is 0 Å². The molecule has 2 aliphatic heterocycles. The van der Waals surface area contributed by atoms with Gasteiger partial charge in [-0.3, -0.25) is 9.59 Å². The fourth-order valence-corrected chi connectivity index (χ4v) is 3.86. The van der Waals surface area contributed by atoms with E-state index in [0.717, 1.165) is 48.3 Å². The molecule has 134 valence electrons. The number of anilines is 2. The smallest absolute Gasteiger partial charge is 0.258 e. The number of nitrogens with zero attached hydrogens (tertiary/aromatic N) is 2. The average Bonchev–Trinajstić information content (AvgIpc) is 3.06. The van der Waals surface area contributed by atoms with Gasteiger partial charge in [0.25, 0.3) is 5.91 Å². The number of carbonyl (C=O) groups excluding carboxylic acids is 2. The Morgan fingerprint density at radius 3 is 2.50 bits per heavy atom. The van der Waals surface area contributed by atoms with Crippen LogP contribution in [0.25, 0.3) is 0 Å². The van der Waals surface area contributed by atoms with E-state index in [0.29, 0.717) is 25.1 Å². The number of rotatable bonds is 3. The zero-order chi connectivity index (χ0) is 18.1. The van der Waals surface area contributed by atoms with E-state index in [-0.39, 0.29) is 11.8 Å². The van der Waals surface area contributed by atoms with Crippen LogP contribution in [0.3, 0.4) is 0 Å². The fourth-order valence-electron chi connectivity index (χ4n) is 3.86. The number of hydrogen-bond donors (Lipinski definition) is 1. The molecule has 0 radical (unpaired) electrons. The quantitative estimate of drug-likeness (QED) is 0.866.